The molecule has 0 saturated heterocycles. The number of anilines is 1. The van der Waals surface area contributed by atoms with Crippen LogP contribution in [0.4, 0.5) is 16.0 Å². The number of imidazole rings is 1. The van der Waals surface area contributed by atoms with Crippen LogP contribution >= 0.6 is 0 Å². The molecule has 118 valence electrons. The molecule has 0 bridgehead atoms. The van der Waals surface area contributed by atoms with Crippen molar-refractivity contribution in [3.05, 3.63) is 51.7 Å². The van der Waals surface area contributed by atoms with Crippen molar-refractivity contribution in [1.82, 2.24) is 19.5 Å². The molecule has 0 aliphatic carbocycles. The molecule has 8 nitrogen and oxygen atoms in total. The molecule has 0 amide bonds. The van der Waals surface area contributed by atoms with Crippen LogP contribution in [0.15, 0.2) is 24.5 Å². The molecule has 2 aromatic heterocycles. The molecular formula is C14H13FN6O2. The molecule has 0 radical (unpaired) electrons. The molecule has 0 atom stereocenters. The number of benzene rings is 1. The van der Waals surface area contributed by atoms with Crippen LogP contribution < -0.4 is 5.32 Å². The Bertz CT molecular complexity index is 908. The summed E-state index contributed by atoms with van der Waals surface area (Å²) < 4.78 is 15.7. The highest BCUT2D eigenvalue weighted by molar-refractivity contribution is 5.74. The third kappa shape index (κ3) is 2.68. The highest BCUT2D eigenvalue weighted by Crippen LogP contribution is 2.20. The molecule has 0 spiro atoms. The molecule has 0 aliphatic rings. The Morgan fingerprint density at radius 2 is 2.17 bits per heavy atom. The standard InChI is InChI=1S/C14H13FN6O2/c1-8-12-13(19-14(16-2)18-8)20(7-17-12)6-9-3-4-10(21(22)23)5-11(9)15/h3-5,7H,6H2,1-2H3,(H,16,18,19). The second kappa shape index (κ2) is 5.59. The highest BCUT2D eigenvalue weighted by atomic mass is 19.1. The molecular weight excluding hydrogens is 303 g/mol. The summed E-state index contributed by atoms with van der Waals surface area (Å²) in [6, 6.07) is 3.58. The molecule has 0 aliphatic heterocycles. The highest BCUT2D eigenvalue weighted by Gasteiger charge is 2.14. The van der Waals surface area contributed by atoms with Gasteiger partial charge in [0, 0.05) is 18.7 Å². The van der Waals surface area contributed by atoms with Gasteiger partial charge in [0.05, 0.1) is 29.6 Å². The molecule has 2 heterocycles. The van der Waals surface area contributed by atoms with Gasteiger partial charge in [-0.05, 0) is 13.0 Å². The van der Waals surface area contributed by atoms with Gasteiger partial charge in [0.25, 0.3) is 5.69 Å². The summed E-state index contributed by atoms with van der Waals surface area (Å²) in [7, 11) is 1.71. The maximum Gasteiger partial charge on any atom is 0.272 e. The minimum Gasteiger partial charge on any atom is -0.357 e. The Labute approximate surface area is 130 Å². The summed E-state index contributed by atoms with van der Waals surface area (Å²) in [5.74, 6) is -0.193. The van der Waals surface area contributed by atoms with E-state index in [0.29, 0.717) is 28.4 Å². The van der Waals surface area contributed by atoms with Gasteiger partial charge in [0.15, 0.2) is 5.65 Å². The van der Waals surface area contributed by atoms with Gasteiger partial charge in [-0.3, -0.25) is 10.1 Å². The first-order valence-corrected chi connectivity index (χ1v) is 6.79. The van der Waals surface area contributed by atoms with Crippen molar-refractivity contribution >= 4 is 22.8 Å². The molecule has 9 heteroatoms. The lowest BCUT2D eigenvalue weighted by molar-refractivity contribution is -0.385. The predicted molar refractivity (Wildman–Crippen MR) is 81.8 cm³/mol. The monoisotopic (exact) mass is 316 g/mol. The number of halogens is 1. The molecule has 1 aromatic carbocycles. The van der Waals surface area contributed by atoms with Crippen molar-refractivity contribution in [2.75, 3.05) is 12.4 Å². The Kier molecular flexibility index (Phi) is 3.61. The van der Waals surface area contributed by atoms with Crippen LogP contribution in [0, 0.1) is 22.9 Å². The zero-order valence-corrected chi connectivity index (χ0v) is 12.4. The number of non-ortho nitro benzene ring substituents is 1. The lowest BCUT2D eigenvalue weighted by Crippen LogP contribution is -2.05. The fourth-order valence-corrected chi connectivity index (χ4v) is 2.27. The number of hydrogen-bond acceptors (Lipinski definition) is 6. The van der Waals surface area contributed by atoms with Crippen LogP contribution in [0.1, 0.15) is 11.3 Å². The van der Waals surface area contributed by atoms with Crippen LogP contribution in [0.5, 0.6) is 0 Å². The van der Waals surface area contributed by atoms with E-state index in [1.807, 2.05) is 6.92 Å². The van der Waals surface area contributed by atoms with E-state index >= 15 is 0 Å². The number of aromatic nitrogens is 4. The van der Waals surface area contributed by atoms with E-state index in [-0.39, 0.29) is 12.2 Å². The molecule has 0 unspecified atom stereocenters. The SMILES string of the molecule is CNc1nc(C)c2ncn(Cc3ccc([N+](=O)[O-])cc3F)c2n1. The smallest absolute Gasteiger partial charge is 0.272 e. The predicted octanol–water partition coefficient (Wildman–Crippen LogP) is 2.27. The zero-order valence-electron chi connectivity index (χ0n) is 12.4. The van der Waals surface area contributed by atoms with E-state index in [2.05, 4.69) is 20.3 Å². The van der Waals surface area contributed by atoms with Gasteiger partial charge in [-0.25, -0.2) is 14.4 Å². The first-order valence-electron chi connectivity index (χ1n) is 6.79. The van der Waals surface area contributed by atoms with Crippen molar-refractivity contribution in [2.45, 2.75) is 13.5 Å². The molecule has 1 N–H and O–H groups in total. The van der Waals surface area contributed by atoms with E-state index in [4.69, 9.17) is 0 Å². The Hall–Kier alpha value is -3.10. The zero-order chi connectivity index (χ0) is 16.6. The van der Waals surface area contributed by atoms with Crippen LogP contribution in [0.25, 0.3) is 11.2 Å². The Morgan fingerprint density at radius 3 is 2.83 bits per heavy atom. The van der Waals surface area contributed by atoms with E-state index in [0.717, 1.165) is 6.07 Å². The number of aryl methyl sites for hydroxylation is 1. The second-order valence-electron chi connectivity index (χ2n) is 4.96. The summed E-state index contributed by atoms with van der Waals surface area (Å²) in [6.07, 6.45) is 1.55. The summed E-state index contributed by atoms with van der Waals surface area (Å²) in [5, 5.41) is 13.5. The van der Waals surface area contributed by atoms with Gasteiger partial charge in [-0.15, -0.1) is 0 Å². The third-order valence-corrected chi connectivity index (χ3v) is 3.45. The minimum absolute atomic E-state index is 0.167. The van der Waals surface area contributed by atoms with Crippen LogP contribution in [0.2, 0.25) is 0 Å². The van der Waals surface area contributed by atoms with Crippen molar-refractivity contribution in [3.63, 3.8) is 0 Å². The molecule has 0 saturated carbocycles. The first kappa shape index (κ1) is 14.8. The number of hydrogen-bond donors (Lipinski definition) is 1. The van der Waals surface area contributed by atoms with E-state index in [1.165, 1.54) is 12.1 Å². The number of nitro groups is 1. The second-order valence-corrected chi connectivity index (χ2v) is 4.96. The van der Waals surface area contributed by atoms with Gasteiger partial charge in [-0.1, -0.05) is 0 Å². The van der Waals surface area contributed by atoms with Crippen molar-refractivity contribution in [1.29, 1.82) is 0 Å². The first-order chi connectivity index (χ1) is 11.0. The molecule has 3 aromatic rings. The van der Waals surface area contributed by atoms with Gasteiger partial charge in [0.1, 0.15) is 11.3 Å². The Balaban J connectivity index is 2.02. The number of nitrogens with one attached hydrogen (secondary N) is 1. The summed E-state index contributed by atoms with van der Waals surface area (Å²) >= 11 is 0. The van der Waals surface area contributed by atoms with Gasteiger partial charge in [-0.2, -0.15) is 4.98 Å². The van der Waals surface area contributed by atoms with Gasteiger partial charge < -0.3 is 9.88 Å². The van der Waals surface area contributed by atoms with Crippen molar-refractivity contribution in [3.8, 4) is 0 Å². The number of fused-ring (bicyclic) bond motifs is 1. The fraction of sp³-hybridized carbons (Fsp3) is 0.214. The van der Waals surface area contributed by atoms with E-state index in [1.54, 1.807) is 17.9 Å². The number of nitrogens with zero attached hydrogens (tertiary/aromatic N) is 5. The summed E-state index contributed by atoms with van der Waals surface area (Å²) in [6.45, 7) is 1.98. The van der Waals surface area contributed by atoms with Crippen LogP contribution in [0.3, 0.4) is 0 Å². The maximum absolute atomic E-state index is 14.0. The minimum atomic E-state index is -0.638. The normalized spacial score (nSPS) is 10.9. The molecule has 0 fully saturated rings. The topological polar surface area (TPSA) is 98.8 Å². The molecule has 3 rings (SSSR count). The van der Waals surface area contributed by atoms with Crippen LogP contribution in [-0.4, -0.2) is 31.5 Å². The van der Waals surface area contributed by atoms with Gasteiger partial charge in [0.2, 0.25) is 5.95 Å². The van der Waals surface area contributed by atoms with Gasteiger partial charge >= 0.3 is 0 Å². The third-order valence-electron chi connectivity index (χ3n) is 3.45. The molecule has 23 heavy (non-hydrogen) atoms. The number of nitro benzene ring substituents is 1. The summed E-state index contributed by atoms with van der Waals surface area (Å²) in [5.41, 5.74) is 1.95. The van der Waals surface area contributed by atoms with E-state index < -0.39 is 10.7 Å². The largest absolute Gasteiger partial charge is 0.357 e. The lowest BCUT2D eigenvalue weighted by atomic mass is 10.2. The quantitative estimate of drug-likeness (QED) is 0.585. The average molecular weight is 316 g/mol. The van der Waals surface area contributed by atoms with Crippen molar-refractivity contribution in [2.24, 2.45) is 0 Å². The van der Waals surface area contributed by atoms with Crippen LogP contribution in [-0.2, 0) is 6.54 Å². The van der Waals surface area contributed by atoms with E-state index in [9.17, 15) is 14.5 Å². The lowest BCUT2D eigenvalue weighted by Gasteiger charge is -2.07. The number of rotatable bonds is 4. The summed E-state index contributed by atoms with van der Waals surface area (Å²) in [4.78, 5) is 22.9. The fourth-order valence-electron chi connectivity index (χ4n) is 2.27. The maximum atomic E-state index is 14.0. The average Bonchev–Trinajstić information content (AvgIpc) is 2.92. The Morgan fingerprint density at radius 1 is 1.39 bits per heavy atom. The van der Waals surface area contributed by atoms with Crippen molar-refractivity contribution < 1.29 is 9.31 Å².